The smallest absolute Gasteiger partial charge is 0.145 e. The highest BCUT2D eigenvalue weighted by molar-refractivity contribution is 6.35. The molecule has 1 radical (unpaired) electrons. The monoisotopic (exact) mass is 220 g/mol. The Morgan fingerprint density at radius 3 is 3.00 bits per heavy atom. The van der Waals surface area contributed by atoms with Crippen molar-refractivity contribution in [3.8, 4) is 5.75 Å². The third-order valence-electron chi connectivity index (χ3n) is 2.08. The summed E-state index contributed by atoms with van der Waals surface area (Å²) in [4.78, 5) is 4.27. The topological polar surface area (TPSA) is 22.1 Å². The van der Waals surface area contributed by atoms with Gasteiger partial charge in [0.1, 0.15) is 11.3 Å². The van der Waals surface area contributed by atoms with Gasteiger partial charge >= 0.3 is 0 Å². The molecule has 0 fully saturated rings. The van der Waals surface area contributed by atoms with Crippen molar-refractivity contribution in [2.75, 3.05) is 6.61 Å². The maximum absolute atomic E-state index is 6.06. The van der Waals surface area contributed by atoms with Crippen molar-refractivity contribution in [3.63, 3.8) is 0 Å². The number of ether oxygens (including phenoxy) is 1. The average Bonchev–Trinajstić information content (AvgIpc) is 2.29. The standard InChI is InChI=1S/C12H11ClNO/c1-2-8-15-11-6-5-10(13)9-4-3-7-14-12(9)11/h3-7H,1-2,8H2. The zero-order chi connectivity index (χ0) is 10.7. The highest BCUT2D eigenvalue weighted by atomic mass is 35.5. The molecule has 0 saturated heterocycles. The normalized spacial score (nSPS) is 10.5. The molecule has 77 valence electrons. The molecule has 15 heavy (non-hydrogen) atoms. The van der Waals surface area contributed by atoms with Gasteiger partial charge in [-0.05, 0) is 37.6 Å². The van der Waals surface area contributed by atoms with Gasteiger partial charge in [-0.3, -0.25) is 4.98 Å². The van der Waals surface area contributed by atoms with E-state index in [-0.39, 0.29) is 0 Å². The van der Waals surface area contributed by atoms with Gasteiger partial charge in [-0.1, -0.05) is 11.6 Å². The van der Waals surface area contributed by atoms with Crippen molar-refractivity contribution in [3.05, 3.63) is 42.4 Å². The van der Waals surface area contributed by atoms with Crippen LogP contribution in [0.1, 0.15) is 6.42 Å². The summed E-state index contributed by atoms with van der Waals surface area (Å²) in [5.74, 6) is 0.763. The third-order valence-corrected chi connectivity index (χ3v) is 2.41. The summed E-state index contributed by atoms with van der Waals surface area (Å²) >= 11 is 6.06. The predicted molar refractivity (Wildman–Crippen MR) is 62.2 cm³/mol. The summed E-state index contributed by atoms with van der Waals surface area (Å²) in [6, 6.07) is 7.46. The van der Waals surface area contributed by atoms with Gasteiger partial charge in [-0.15, -0.1) is 0 Å². The van der Waals surface area contributed by atoms with Crippen LogP contribution in [0.25, 0.3) is 10.9 Å². The van der Waals surface area contributed by atoms with Crippen molar-refractivity contribution in [1.82, 2.24) is 4.98 Å². The Balaban J connectivity index is 2.51. The largest absolute Gasteiger partial charge is 0.491 e. The fourth-order valence-corrected chi connectivity index (χ4v) is 1.63. The van der Waals surface area contributed by atoms with Gasteiger partial charge in [0.2, 0.25) is 0 Å². The lowest BCUT2D eigenvalue weighted by Gasteiger charge is -2.08. The van der Waals surface area contributed by atoms with Crippen LogP contribution in [-0.2, 0) is 0 Å². The first kappa shape index (κ1) is 10.2. The maximum Gasteiger partial charge on any atom is 0.145 e. The number of pyridine rings is 1. The number of benzene rings is 1. The second kappa shape index (κ2) is 4.49. The van der Waals surface area contributed by atoms with E-state index in [0.717, 1.165) is 23.1 Å². The SMILES string of the molecule is [CH2]CCOc1ccc(Cl)c2cccnc12. The van der Waals surface area contributed by atoms with Crippen molar-refractivity contribution < 1.29 is 4.74 Å². The van der Waals surface area contributed by atoms with Crippen LogP contribution in [0.2, 0.25) is 5.02 Å². The fourth-order valence-electron chi connectivity index (χ4n) is 1.41. The number of hydrogen-bond acceptors (Lipinski definition) is 2. The van der Waals surface area contributed by atoms with E-state index >= 15 is 0 Å². The lowest BCUT2D eigenvalue weighted by atomic mass is 10.2. The molecule has 0 aliphatic rings. The first-order valence-corrected chi connectivity index (χ1v) is 5.16. The van der Waals surface area contributed by atoms with Crippen LogP contribution in [0.3, 0.4) is 0 Å². The molecule has 2 aromatic rings. The molecule has 3 heteroatoms. The Bertz CT molecular complexity index is 470. The van der Waals surface area contributed by atoms with Gasteiger partial charge in [0.25, 0.3) is 0 Å². The number of nitrogens with zero attached hydrogens (tertiary/aromatic N) is 1. The Kier molecular flexibility index (Phi) is 3.07. The minimum atomic E-state index is 0.591. The van der Waals surface area contributed by atoms with Gasteiger partial charge < -0.3 is 4.74 Å². The molecule has 1 heterocycles. The van der Waals surface area contributed by atoms with Crippen LogP contribution < -0.4 is 4.74 Å². The molecule has 0 spiro atoms. The van der Waals surface area contributed by atoms with Crippen LogP contribution in [0.15, 0.2) is 30.5 Å². The minimum absolute atomic E-state index is 0.591. The molecule has 0 saturated carbocycles. The zero-order valence-corrected chi connectivity index (χ0v) is 9.00. The first-order valence-electron chi connectivity index (χ1n) is 4.78. The van der Waals surface area contributed by atoms with Crippen LogP contribution in [0.4, 0.5) is 0 Å². The summed E-state index contributed by atoms with van der Waals surface area (Å²) in [7, 11) is 0. The summed E-state index contributed by atoms with van der Waals surface area (Å²) in [5, 5.41) is 1.61. The third kappa shape index (κ3) is 2.05. The van der Waals surface area contributed by atoms with Crippen LogP contribution >= 0.6 is 11.6 Å². The Morgan fingerprint density at radius 1 is 1.33 bits per heavy atom. The zero-order valence-electron chi connectivity index (χ0n) is 8.24. The first-order chi connectivity index (χ1) is 7.33. The van der Waals surface area contributed by atoms with E-state index in [1.807, 2.05) is 24.3 Å². The fraction of sp³-hybridized carbons (Fsp3) is 0.167. The highest BCUT2D eigenvalue weighted by Crippen LogP contribution is 2.29. The molecular weight excluding hydrogens is 210 g/mol. The lowest BCUT2D eigenvalue weighted by Crippen LogP contribution is -1.96. The molecule has 0 atom stereocenters. The summed E-state index contributed by atoms with van der Waals surface area (Å²) in [6.45, 7) is 4.32. The van der Waals surface area contributed by atoms with E-state index in [1.165, 1.54) is 0 Å². The number of fused-ring (bicyclic) bond motifs is 1. The Hall–Kier alpha value is -1.28. The van der Waals surface area contributed by atoms with E-state index in [9.17, 15) is 0 Å². The number of hydrogen-bond donors (Lipinski definition) is 0. The van der Waals surface area contributed by atoms with E-state index in [1.54, 1.807) is 6.20 Å². The van der Waals surface area contributed by atoms with Gasteiger partial charge in [-0.2, -0.15) is 0 Å². The molecule has 1 aromatic heterocycles. The second-order valence-corrected chi connectivity index (χ2v) is 3.55. The van der Waals surface area contributed by atoms with Crippen LogP contribution in [-0.4, -0.2) is 11.6 Å². The van der Waals surface area contributed by atoms with Gasteiger partial charge in [-0.25, -0.2) is 0 Å². The molecule has 0 aliphatic carbocycles. The van der Waals surface area contributed by atoms with Crippen molar-refractivity contribution in [2.24, 2.45) is 0 Å². The molecule has 0 N–H and O–H groups in total. The quantitative estimate of drug-likeness (QED) is 0.790. The number of rotatable bonds is 3. The predicted octanol–water partition coefficient (Wildman–Crippen LogP) is 3.49. The van der Waals surface area contributed by atoms with Gasteiger partial charge in [0.05, 0.1) is 11.6 Å². The Morgan fingerprint density at radius 2 is 2.20 bits per heavy atom. The van der Waals surface area contributed by atoms with Crippen molar-refractivity contribution >= 4 is 22.5 Å². The van der Waals surface area contributed by atoms with Crippen LogP contribution in [0.5, 0.6) is 5.75 Å². The molecule has 1 aromatic carbocycles. The molecule has 2 nitrogen and oxygen atoms in total. The number of halogens is 1. The van der Waals surface area contributed by atoms with E-state index in [2.05, 4.69) is 11.9 Å². The van der Waals surface area contributed by atoms with E-state index in [0.29, 0.717) is 11.6 Å². The van der Waals surface area contributed by atoms with Crippen molar-refractivity contribution in [1.29, 1.82) is 0 Å². The summed E-state index contributed by atoms with van der Waals surface area (Å²) < 4.78 is 5.54. The lowest BCUT2D eigenvalue weighted by molar-refractivity contribution is 0.327. The van der Waals surface area contributed by atoms with Crippen LogP contribution in [0, 0.1) is 6.92 Å². The van der Waals surface area contributed by atoms with Crippen molar-refractivity contribution in [2.45, 2.75) is 6.42 Å². The molecule has 0 aliphatic heterocycles. The van der Waals surface area contributed by atoms with Gasteiger partial charge in [0, 0.05) is 11.6 Å². The highest BCUT2D eigenvalue weighted by Gasteiger charge is 2.05. The Labute approximate surface area is 93.8 Å². The molecule has 0 amide bonds. The maximum atomic E-state index is 6.06. The van der Waals surface area contributed by atoms with Gasteiger partial charge in [0.15, 0.2) is 0 Å². The molecule has 0 unspecified atom stereocenters. The molecular formula is C12H11ClNO. The summed E-state index contributed by atoms with van der Waals surface area (Å²) in [6.07, 6.45) is 2.46. The van der Waals surface area contributed by atoms with E-state index < -0.39 is 0 Å². The number of aromatic nitrogens is 1. The minimum Gasteiger partial charge on any atom is -0.491 e. The molecule has 2 rings (SSSR count). The summed E-state index contributed by atoms with van der Waals surface area (Å²) in [5.41, 5.74) is 0.804. The second-order valence-electron chi connectivity index (χ2n) is 3.15. The molecule has 0 bridgehead atoms. The average molecular weight is 221 g/mol. The van der Waals surface area contributed by atoms with E-state index in [4.69, 9.17) is 16.3 Å².